The molecule has 8 heteroatoms. The van der Waals surface area contributed by atoms with E-state index in [0.29, 0.717) is 17.3 Å². The smallest absolute Gasteiger partial charge is 0.387 e. The van der Waals surface area contributed by atoms with Gasteiger partial charge in [-0.15, -0.1) is 0 Å². The van der Waals surface area contributed by atoms with E-state index in [1.54, 1.807) is 29.9 Å². The van der Waals surface area contributed by atoms with E-state index >= 15 is 0 Å². The summed E-state index contributed by atoms with van der Waals surface area (Å²) in [4.78, 5) is 0. The number of nitrogens with zero attached hydrogens (tertiary/aromatic N) is 2. The molecule has 0 aliphatic heterocycles. The van der Waals surface area contributed by atoms with Crippen LogP contribution < -0.4 is 15.4 Å². The number of anilines is 1. The summed E-state index contributed by atoms with van der Waals surface area (Å²) in [6.07, 6.45) is 1.75. The summed E-state index contributed by atoms with van der Waals surface area (Å²) >= 11 is 5.20. The average Bonchev–Trinajstić information content (AvgIpc) is 2.79. The van der Waals surface area contributed by atoms with Gasteiger partial charge in [-0.05, 0) is 43.8 Å². The molecule has 5 nitrogen and oxygen atoms in total. The van der Waals surface area contributed by atoms with Gasteiger partial charge in [-0.25, -0.2) is 0 Å². The molecule has 23 heavy (non-hydrogen) atoms. The average molecular weight is 340 g/mol. The summed E-state index contributed by atoms with van der Waals surface area (Å²) in [6.45, 7) is 1.35. The first kappa shape index (κ1) is 17.1. The molecule has 2 N–H and O–H groups in total. The monoisotopic (exact) mass is 340 g/mol. The Bertz CT molecular complexity index is 703. The van der Waals surface area contributed by atoms with Crippen LogP contribution in [0.1, 0.15) is 16.8 Å². The van der Waals surface area contributed by atoms with Gasteiger partial charge in [0, 0.05) is 24.8 Å². The second-order valence-electron chi connectivity index (χ2n) is 5.06. The van der Waals surface area contributed by atoms with Gasteiger partial charge in [0.25, 0.3) is 0 Å². The van der Waals surface area contributed by atoms with Crippen molar-refractivity contribution in [1.29, 1.82) is 0 Å². The first-order chi connectivity index (χ1) is 10.9. The van der Waals surface area contributed by atoms with Gasteiger partial charge in [-0.2, -0.15) is 13.9 Å². The Morgan fingerprint density at radius 2 is 2.13 bits per heavy atom. The van der Waals surface area contributed by atoms with E-state index in [1.165, 1.54) is 6.07 Å². The summed E-state index contributed by atoms with van der Waals surface area (Å²) in [5.74, 6) is 0.0571. The molecule has 1 aromatic carbocycles. The minimum Gasteiger partial charge on any atom is -0.433 e. The molecule has 0 atom stereocenters. The van der Waals surface area contributed by atoms with Crippen LogP contribution in [-0.4, -0.2) is 21.5 Å². The third kappa shape index (κ3) is 4.62. The van der Waals surface area contributed by atoms with E-state index in [4.69, 9.17) is 12.2 Å². The number of benzene rings is 1. The van der Waals surface area contributed by atoms with Crippen molar-refractivity contribution in [1.82, 2.24) is 15.1 Å². The van der Waals surface area contributed by atoms with Crippen LogP contribution in [0.3, 0.4) is 0 Å². The van der Waals surface area contributed by atoms with E-state index < -0.39 is 6.61 Å². The molecule has 0 amide bonds. The van der Waals surface area contributed by atoms with E-state index in [1.807, 2.05) is 14.0 Å². The van der Waals surface area contributed by atoms with Crippen molar-refractivity contribution >= 4 is 23.0 Å². The topological polar surface area (TPSA) is 51.1 Å². The summed E-state index contributed by atoms with van der Waals surface area (Å²) < 4.78 is 31.2. The van der Waals surface area contributed by atoms with Gasteiger partial charge < -0.3 is 15.4 Å². The number of hydrogen-bond donors (Lipinski definition) is 2. The molecular formula is C15H18F2N4OS. The van der Waals surface area contributed by atoms with E-state index in [-0.39, 0.29) is 5.75 Å². The summed E-state index contributed by atoms with van der Waals surface area (Å²) in [5, 5.41) is 10.4. The van der Waals surface area contributed by atoms with Crippen LogP contribution in [0.25, 0.3) is 0 Å². The van der Waals surface area contributed by atoms with Crippen molar-refractivity contribution < 1.29 is 13.5 Å². The van der Waals surface area contributed by atoms with Gasteiger partial charge >= 0.3 is 6.61 Å². The fourth-order valence-corrected chi connectivity index (χ4v) is 2.17. The second-order valence-corrected chi connectivity index (χ2v) is 5.47. The van der Waals surface area contributed by atoms with Crippen LogP contribution in [0.4, 0.5) is 14.5 Å². The summed E-state index contributed by atoms with van der Waals surface area (Å²) in [6, 6.07) is 4.97. The number of nitrogens with one attached hydrogen (secondary N) is 2. The summed E-state index contributed by atoms with van der Waals surface area (Å²) in [7, 11) is 1.86. The molecule has 0 unspecified atom stereocenters. The largest absolute Gasteiger partial charge is 0.433 e. The Kier molecular flexibility index (Phi) is 5.49. The molecule has 0 saturated heterocycles. The highest BCUT2D eigenvalue weighted by Gasteiger charge is 2.11. The molecule has 0 spiro atoms. The second kappa shape index (κ2) is 7.36. The van der Waals surface area contributed by atoms with Crippen LogP contribution >= 0.6 is 12.2 Å². The molecule has 0 aliphatic carbocycles. The fourth-order valence-electron chi connectivity index (χ4n) is 1.99. The molecule has 0 radical (unpaired) electrons. The van der Waals surface area contributed by atoms with Gasteiger partial charge in [0.2, 0.25) is 0 Å². The number of ether oxygens (including phenoxy) is 1. The molecule has 1 aromatic heterocycles. The molecule has 124 valence electrons. The lowest BCUT2D eigenvalue weighted by atomic mass is 10.2. The zero-order valence-corrected chi connectivity index (χ0v) is 13.9. The van der Waals surface area contributed by atoms with Gasteiger partial charge in [0.05, 0.1) is 11.9 Å². The van der Waals surface area contributed by atoms with Crippen LogP contribution in [0, 0.1) is 13.8 Å². The van der Waals surface area contributed by atoms with Crippen LogP contribution in [-0.2, 0) is 13.6 Å². The number of halogens is 2. The fraction of sp³-hybridized carbons (Fsp3) is 0.333. The quantitative estimate of drug-likeness (QED) is 0.819. The zero-order valence-electron chi connectivity index (χ0n) is 13.1. The van der Waals surface area contributed by atoms with Crippen molar-refractivity contribution in [3.05, 3.63) is 41.2 Å². The van der Waals surface area contributed by atoms with E-state index in [0.717, 1.165) is 16.8 Å². The first-order valence-electron chi connectivity index (χ1n) is 6.94. The molecule has 1 heterocycles. The van der Waals surface area contributed by atoms with Crippen molar-refractivity contribution in [3.8, 4) is 5.75 Å². The van der Waals surface area contributed by atoms with Crippen molar-refractivity contribution in [2.45, 2.75) is 27.0 Å². The zero-order chi connectivity index (χ0) is 17.0. The lowest BCUT2D eigenvalue weighted by Gasteiger charge is -2.15. The Morgan fingerprint density at radius 3 is 2.74 bits per heavy atom. The minimum atomic E-state index is -2.89. The van der Waals surface area contributed by atoms with Crippen molar-refractivity contribution in [3.63, 3.8) is 0 Å². The van der Waals surface area contributed by atoms with Crippen molar-refractivity contribution in [2.24, 2.45) is 7.05 Å². The van der Waals surface area contributed by atoms with E-state index in [2.05, 4.69) is 20.5 Å². The Labute approximate surface area is 138 Å². The Hall–Kier alpha value is -2.22. The molecule has 2 aromatic rings. The number of hydrogen-bond acceptors (Lipinski definition) is 3. The molecule has 0 aliphatic rings. The predicted octanol–water partition coefficient (Wildman–Crippen LogP) is 3.12. The first-order valence-corrected chi connectivity index (χ1v) is 7.35. The highest BCUT2D eigenvalue weighted by molar-refractivity contribution is 7.80. The van der Waals surface area contributed by atoms with E-state index in [9.17, 15) is 8.78 Å². The highest BCUT2D eigenvalue weighted by Crippen LogP contribution is 2.27. The Balaban J connectivity index is 2.01. The van der Waals surface area contributed by atoms with Crippen LogP contribution in [0.5, 0.6) is 5.75 Å². The number of rotatable bonds is 5. The standard InChI is InChI=1S/C15H18F2N4OS/c1-9-4-5-12(13(6-9)22-14(16)17)20-15(23)18-7-11-8-19-21(3)10(11)2/h4-6,8,14H,7H2,1-3H3,(H2,18,20,23). The molecule has 0 saturated carbocycles. The molecule has 0 fully saturated rings. The SMILES string of the molecule is Cc1ccc(NC(=S)NCc2cnn(C)c2C)c(OC(F)F)c1. The highest BCUT2D eigenvalue weighted by atomic mass is 32.1. The third-order valence-corrected chi connectivity index (χ3v) is 3.62. The number of aryl methyl sites for hydroxylation is 2. The van der Waals surface area contributed by atoms with Gasteiger partial charge in [-0.3, -0.25) is 4.68 Å². The Morgan fingerprint density at radius 1 is 1.39 bits per heavy atom. The van der Waals surface area contributed by atoms with Gasteiger partial charge in [0.15, 0.2) is 5.11 Å². The lowest BCUT2D eigenvalue weighted by molar-refractivity contribution is -0.0493. The maximum absolute atomic E-state index is 12.5. The molecule has 2 rings (SSSR count). The van der Waals surface area contributed by atoms with Crippen LogP contribution in [0.15, 0.2) is 24.4 Å². The minimum absolute atomic E-state index is 0.0571. The summed E-state index contributed by atoms with van der Waals surface area (Å²) in [5.41, 5.74) is 3.23. The number of alkyl halides is 2. The maximum atomic E-state index is 12.5. The third-order valence-electron chi connectivity index (χ3n) is 3.38. The normalized spacial score (nSPS) is 10.7. The maximum Gasteiger partial charge on any atom is 0.387 e. The lowest BCUT2D eigenvalue weighted by Crippen LogP contribution is -2.28. The van der Waals surface area contributed by atoms with Gasteiger partial charge in [0.1, 0.15) is 5.75 Å². The molecule has 0 bridgehead atoms. The number of aromatic nitrogens is 2. The predicted molar refractivity (Wildman–Crippen MR) is 88.8 cm³/mol. The van der Waals surface area contributed by atoms with Crippen molar-refractivity contribution in [2.75, 3.05) is 5.32 Å². The number of thiocarbonyl (C=S) groups is 1. The van der Waals surface area contributed by atoms with Gasteiger partial charge in [-0.1, -0.05) is 6.07 Å². The van der Waals surface area contributed by atoms with Crippen LogP contribution in [0.2, 0.25) is 0 Å². The molecular weight excluding hydrogens is 322 g/mol.